The van der Waals surface area contributed by atoms with Gasteiger partial charge in [-0.25, -0.2) is 0 Å². The van der Waals surface area contributed by atoms with Crippen molar-refractivity contribution in [2.45, 2.75) is 0 Å². The third-order valence-electron chi connectivity index (χ3n) is 4.35. The Labute approximate surface area is 159 Å². The summed E-state index contributed by atoms with van der Waals surface area (Å²) in [4.78, 5) is 14.4. The van der Waals surface area contributed by atoms with Crippen LogP contribution >= 0.6 is 0 Å². The molecule has 1 aliphatic heterocycles. The molecule has 0 aliphatic carbocycles. The van der Waals surface area contributed by atoms with Gasteiger partial charge in [-0.05, 0) is 48.0 Å². The Balaban J connectivity index is 1.59. The van der Waals surface area contributed by atoms with Crippen LogP contribution in [0.4, 0.5) is 11.4 Å². The van der Waals surface area contributed by atoms with Crippen LogP contribution < -0.4 is 19.7 Å². The van der Waals surface area contributed by atoms with E-state index in [4.69, 9.17) is 14.2 Å². The summed E-state index contributed by atoms with van der Waals surface area (Å²) < 4.78 is 15.8. The standard InChI is InChI=1S/C21H24N2O4/c1-25-19-9-3-16(15-20(19)26-2)4-10-21(24)22-17-5-7-18(8-6-17)23-11-13-27-14-12-23/h3-10,15H,11-14H2,1-2H3,(H,22,24)/b10-4+. The maximum atomic E-state index is 12.2. The average Bonchev–Trinajstić information content (AvgIpc) is 2.73. The first kappa shape index (κ1) is 18.8. The predicted octanol–water partition coefficient (Wildman–Crippen LogP) is 3.19. The molecule has 3 rings (SSSR count). The van der Waals surface area contributed by atoms with Crippen molar-refractivity contribution in [3.8, 4) is 11.5 Å². The van der Waals surface area contributed by atoms with Crippen molar-refractivity contribution in [1.82, 2.24) is 0 Å². The molecule has 1 aliphatic rings. The van der Waals surface area contributed by atoms with Crippen molar-refractivity contribution in [3.63, 3.8) is 0 Å². The van der Waals surface area contributed by atoms with Crippen LogP contribution in [0.3, 0.4) is 0 Å². The molecule has 1 heterocycles. The topological polar surface area (TPSA) is 60.0 Å². The minimum absolute atomic E-state index is 0.191. The zero-order valence-electron chi connectivity index (χ0n) is 15.6. The highest BCUT2D eigenvalue weighted by molar-refractivity contribution is 6.02. The van der Waals surface area contributed by atoms with E-state index in [0.29, 0.717) is 11.5 Å². The molecular weight excluding hydrogens is 344 g/mol. The first-order valence-electron chi connectivity index (χ1n) is 8.83. The molecule has 0 saturated carbocycles. The fourth-order valence-corrected chi connectivity index (χ4v) is 2.89. The van der Waals surface area contributed by atoms with E-state index < -0.39 is 0 Å². The van der Waals surface area contributed by atoms with Crippen molar-refractivity contribution < 1.29 is 19.0 Å². The SMILES string of the molecule is COc1ccc(/C=C/C(=O)Nc2ccc(N3CCOCC3)cc2)cc1OC. The third-order valence-corrected chi connectivity index (χ3v) is 4.35. The molecule has 2 aromatic rings. The number of ether oxygens (including phenoxy) is 3. The number of nitrogens with one attached hydrogen (secondary N) is 1. The first-order valence-corrected chi connectivity index (χ1v) is 8.83. The Morgan fingerprint density at radius 1 is 1.04 bits per heavy atom. The van der Waals surface area contributed by atoms with Crippen molar-refractivity contribution in [1.29, 1.82) is 0 Å². The van der Waals surface area contributed by atoms with Crippen LogP contribution in [0.1, 0.15) is 5.56 Å². The number of anilines is 2. The second-order valence-electron chi connectivity index (χ2n) is 6.08. The van der Waals surface area contributed by atoms with E-state index in [1.54, 1.807) is 26.4 Å². The number of benzene rings is 2. The van der Waals surface area contributed by atoms with E-state index in [1.807, 2.05) is 36.4 Å². The van der Waals surface area contributed by atoms with Crippen molar-refractivity contribution in [3.05, 3.63) is 54.1 Å². The molecule has 142 valence electrons. The van der Waals surface area contributed by atoms with E-state index in [0.717, 1.165) is 43.2 Å². The van der Waals surface area contributed by atoms with Crippen molar-refractivity contribution in [2.75, 3.05) is 50.7 Å². The molecule has 27 heavy (non-hydrogen) atoms. The van der Waals surface area contributed by atoms with Gasteiger partial charge in [0, 0.05) is 30.5 Å². The fourth-order valence-electron chi connectivity index (χ4n) is 2.89. The van der Waals surface area contributed by atoms with Crippen LogP contribution in [0.15, 0.2) is 48.5 Å². The molecule has 6 heteroatoms. The van der Waals surface area contributed by atoms with Crippen LogP contribution in [0.25, 0.3) is 6.08 Å². The lowest BCUT2D eigenvalue weighted by molar-refractivity contribution is -0.111. The van der Waals surface area contributed by atoms with Crippen molar-refractivity contribution in [2.24, 2.45) is 0 Å². The molecule has 0 aromatic heterocycles. The molecule has 1 saturated heterocycles. The normalized spacial score (nSPS) is 14.2. The summed E-state index contributed by atoms with van der Waals surface area (Å²) in [5, 5.41) is 2.87. The molecule has 0 unspecified atom stereocenters. The van der Waals surface area contributed by atoms with E-state index in [2.05, 4.69) is 10.2 Å². The minimum Gasteiger partial charge on any atom is -0.493 e. The van der Waals surface area contributed by atoms with E-state index in [9.17, 15) is 4.79 Å². The molecule has 2 aromatic carbocycles. The smallest absolute Gasteiger partial charge is 0.248 e. The highest BCUT2D eigenvalue weighted by Crippen LogP contribution is 2.28. The number of carbonyl (C=O) groups is 1. The zero-order valence-corrected chi connectivity index (χ0v) is 15.6. The second kappa shape index (κ2) is 9.09. The van der Waals surface area contributed by atoms with Gasteiger partial charge >= 0.3 is 0 Å². The lowest BCUT2D eigenvalue weighted by Gasteiger charge is -2.28. The van der Waals surface area contributed by atoms with E-state index >= 15 is 0 Å². The Morgan fingerprint density at radius 2 is 1.74 bits per heavy atom. The number of morpholine rings is 1. The minimum atomic E-state index is -0.191. The molecular formula is C21H24N2O4. The molecule has 1 amide bonds. The lowest BCUT2D eigenvalue weighted by atomic mass is 10.2. The third kappa shape index (κ3) is 5.01. The number of methoxy groups -OCH3 is 2. The quantitative estimate of drug-likeness (QED) is 0.794. The Bertz CT molecular complexity index is 796. The Hall–Kier alpha value is -2.99. The largest absolute Gasteiger partial charge is 0.493 e. The van der Waals surface area contributed by atoms with Crippen LogP contribution in [0, 0.1) is 0 Å². The lowest BCUT2D eigenvalue weighted by Crippen LogP contribution is -2.36. The van der Waals surface area contributed by atoms with Gasteiger partial charge in [0.05, 0.1) is 27.4 Å². The van der Waals surface area contributed by atoms with Crippen molar-refractivity contribution >= 4 is 23.4 Å². The summed E-state index contributed by atoms with van der Waals surface area (Å²) in [5.41, 5.74) is 2.75. The average molecular weight is 368 g/mol. The summed E-state index contributed by atoms with van der Waals surface area (Å²) in [6, 6.07) is 13.3. The Kier molecular flexibility index (Phi) is 6.33. The van der Waals surface area contributed by atoms with Gasteiger partial charge < -0.3 is 24.4 Å². The predicted molar refractivity (Wildman–Crippen MR) is 107 cm³/mol. The highest BCUT2D eigenvalue weighted by atomic mass is 16.5. The molecule has 0 bridgehead atoms. The molecule has 0 spiro atoms. The van der Waals surface area contributed by atoms with Gasteiger partial charge in [-0.3, -0.25) is 4.79 Å². The van der Waals surface area contributed by atoms with Crippen LogP contribution in [0.5, 0.6) is 11.5 Å². The molecule has 0 radical (unpaired) electrons. The van der Waals surface area contributed by atoms with E-state index in [-0.39, 0.29) is 5.91 Å². The van der Waals surface area contributed by atoms with Gasteiger partial charge in [0.25, 0.3) is 0 Å². The summed E-state index contributed by atoms with van der Waals surface area (Å²) in [5.74, 6) is 1.09. The maximum absolute atomic E-state index is 12.2. The van der Waals surface area contributed by atoms with Gasteiger partial charge in [0.1, 0.15) is 0 Å². The van der Waals surface area contributed by atoms with Crippen LogP contribution in [-0.4, -0.2) is 46.4 Å². The maximum Gasteiger partial charge on any atom is 0.248 e. The van der Waals surface area contributed by atoms with E-state index in [1.165, 1.54) is 6.08 Å². The summed E-state index contributed by atoms with van der Waals surface area (Å²) in [6.07, 6.45) is 3.23. The number of nitrogens with zero attached hydrogens (tertiary/aromatic N) is 1. The fraction of sp³-hybridized carbons (Fsp3) is 0.286. The van der Waals surface area contributed by atoms with Gasteiger partial charge in [-0.1, -0.05) is 6.07 Å². The second-order valence-corrected chi connectivity index (χ2v) is 6.08. The van der Waals surface area contributed by atoms with Crippen LogP contribution in [0.2, 0.25) is 0 Å². The number of rotatable bonds is 6. The number of hydrogen-bond donors (Lipinski definition) is 1. The summed E-state index contributed by atoms with van der Waals surface area (Å²) in [6.45, 7) is 3.28. The monoisotopic (exact) mass is 368 g/mol. The molecule has 0 atom stereocenters. The molecule has 1 fully saturated rings. The van der Waals surface area contributed by atoms with Gasteiger partial charge in [-0.15, -0.1) is 0 Å². The number of amides is 1. The summed E-state index contributed by atoms with van der Waals surface area (Å²) in [7, 11) is 3.17. The zero-order chi connectivity index (χ0) is 19.1. The van der Waals surface area contributed by atoms with Gasteiger partial charge in [0.15, 0.2) is 11.5 Å². The Morgan fingerprint density at radius 3 is 2.41 bits per heavy atom. The van der Waals surface area contributed by atoms with Gasteiger partial charge in [-0.2, -0.15) is 0 Å². The number of carbonyl (C=O) groups excluding carboxylic acids is 1. The molecule has 6 nitrogen and oxygen atoms in total. The van der Waals surface area contributed by atoms with Crippen LogP contribution in [-0.2, 0) is 9.53 Å². The summed E-state index contributed by atoms with van der Waals surface area (Å²) >= 11 is 0. The van der Waals surface area contributed by atoms with Gasteiger partial charge in [0.2, 0.25) is 5.91 Å². The number of hydrogen-bond acceptors (Lipinski definition) is 5. The molecule has 1 N–H and O–H groups in total. The first-order chi connectivity index (χ1) is 13.2. The highest BCUT2D eigenvalue weighted by Gasteiger charge is 2.11.